The molecule has 6 nitrogen and oxygen atoms in total. The van der Waals surface area contributed by atoms with Crippen LogP contribution in [0.15, 0.2) is 60.0 Å². The van der Waals surface area contributed by atoms with Crippen LogP contribution in [0.4, 0.5) is 0 Å². The van der Waals surface area contributed by atoms with Gasteiger partial charge < -0.3 is 15.2 Å². The lowest BCUT2D eigenvalue weighted by Crippen LogP contribution is -2.21. The molecule has 2 heterocycles. The van der Waals surface area contributed by atoms with Crippen molar-refractivity contribution in [3.63, 3.8) is 0 Å². The van der Waals surface area contributed by atoms with Crippen molar-refractivity contribution in [2.45, 2.75) is 19.8 Å². The Morgan fingerprint density at radius 1 is 1.21 bits per heavy atom. The van der Waals surface area contributed by atoms with Gasteiger partial charge in [0.2, 0.25) is 11.8 Å². The zero-order valence-corrected chi connectivity index (χ0v) is 15.7. The second kappa shape index (κ2) is 7.12. The number of aryl methyl sites for hydroxylation is 1. The molecule has 0 saturated carbocycles. The summed E-state index contributed by atoms with van der Waals surface area (Å²) in [4.78, 5) is 0. The van der Waals surface area contributed by atoms with Gasteiger partial charge in [-0.05, 0) is 19.9 Å². The molecule has 0 aliphatic carbocycles. The highest BCUT2D eigenvalue weighted by molar-refractivity contribution is 5.71. The quantitative estimate of drug-likeness (QED) is 0.721. The van der Waals surface area contributed by atoms with Crippen molar-refractivity contribution in [3.05, 3.63) is 76.7 Å². The van der Waals surface area contributed by atoms with E-state index in [0.29, 0.717) is 23.8 Å². The number of rotatable bonds is 4. The topological polar surface area (TPSA) is 96.9 Å². The number of hydrogen-bond acceptors (Lipinski definition) is 5. The molecule has 1 aliphatic heterocycles. The van der Waals surface area contributed by atoms with Crippen LogP contribution in [0.5, 0.6) is 11.6 Å². The van der Waals surface area contributed by atoms with E-state index in [0.717, 1.165) is 27.9 Å². The minimum absolute atomic E-state index is 0.0632. The predicted octanol–water partition coefficient (Wildman–Crippen LogP) is 4.00. The van der Waals surface area contributed by atoms with Crippen molar-refractivity contribution in [1.29, 1.82) is 5.26 Å². The maximum Gasteiger partial charge on any atom is 0.244 e. The number of nitrogens with zero attached hydrogens (tertiary/aromatic N) is 2. The Morgan fingerprint density at radius 3 is 2.68 bits per heavy atom. The van der Waals surface area contributed by atoms with Gasteiger partial charge in [0.15, 0.2) is 0 Å². The van der Waals surface area contributed by atoms with Crippen molar-refractivity contribution in [2.75, 3.05) is 6.61 Å². The first kappa shape index (κ1) is 17.7. The zero-order valence-electron chi connectivity index (χ0n) is 15.7. The van der Waals surface area contributed by atoms with Crippen LogP contribution in [0.2, 0.25) is 0 Å². The fourth-order valence-corrected chi connectivity index (χ4v) is 3.50. The van der Waals surface area contributed by atoms with E-state index in [4.69, 9.17) is 15.2 Å². The van der Waals surface area contributed by atoms with Crippen LogP contribution in [0.3, 0.4) is 0 Å². The Morgan fingerprint density at radius 2 is 1.96 bits per heavy atom. The van der Waals surface area contributed by atoms with Crippen molar-refractivity contribution in [3.8, 4) is 29.0 Å². The molecule has 0 bridgehead atoms. The summed E-state index contributed by atoms with van der Waals surface area (Å²) in [5, 5.41) is 17.2. The third kappa shape index (κ3) is 2.87. The highest BCUT2D eigenvalue weighted by Crippen LogP contribution is 2.47. The van der Waals surface area contributed by atoms with Crippen molar-refractivity contribution < 1.29 is 9.47 Å². The van der Waals surface area contributed by atoms with Gasteiger partial charge in [0, 0.05) is 11.1 Å². The summed E-state index contributed by atoms with van der Waals surface area (Å²) >= 11 is 0. The fraction of sp³-hybridized carbons (Fsp3) is 0.182. The third-order valence-corrected chi connectivity index (χ3v) is 4.81. The normalized spacial score (nSPS) is 15.5. The van der Waals surface area contributed by atoms with E-state index in [1.165, 1.54) is 0 Å². The molecule has 0 saturated heterocycles. The number of fused-ring (bicyclic) bond motifs is 1. The summed E-state index contributed by atoms with van der Waals surface area (Å²) in [5.41, 5.74) is 11.0. The van der Waals surface area contributed by atoms with Crippen molar-refractivity contribution in [1.82, 2.24) is 10.2 Å². The molecule has 28 heavy (non-hydrogen) atoms. The molecule has 0 radical (unpaired) electrons. The number of nitriles is 1. The second-order valence-corrected chi connectivity index (χ2v) is 6.58. The summed E-state index contributed by atoms with van der Waals surface area (Å²) in [6.45, 7) is 4.48. The van der Waals surface area contributed by atoms with Crippen LogP contribution >= 0.6 is 0 Å². The van der Waals surface area contributed by atoms with Gasteiger partial charge in [0.05, 0.1) is 23.8 Å². The van der Waals surface area contributed by atoms with E-state index in [1.54, 1.807) is 0 Å². The van der Waals surface area contributed by atoms with Gasteiger partial charge in [-0.3, -0.25) is 5.10 Å². The Kier molecular flexibility index (Phi) is 4.50. The minimum Gasteiger partial charge on any atom is -0.494 e. The molecule has 140 valence electrons. The molecule has 2 aromatic carbocycles. The lowest BCUT2D eigenvalue weighted by Gasteiger charge is -2.25. The van der Waals surface area contributed by atoms with Gasteiger partial charge in [0.1, 0.15) is 17.4 Å². The van der Waals surface area contributed by atoms with Gasteiger partial charge >= 0.3 is 0 Å². The summed E-state index contributed by atoms with van der Waals surface area (Å²) < 4.78 is 11.5. The predicted molar refractivity (Wildman–Crippen MR) is 106 cm³/mol. The fourth-order valence-electron chi connectivity index (χ4n) is 3.50. The van der Waals surface area contributed by atoms with Crippen LogP contribution in [0, 0.1) is 18.3 Å². The molecule has 1 atom stereocenters. The number of para-hydroxylation sites is 1. The second-order valence-electron chi connectivity index (χ2n) is 6.58. The molecular weight excluding hydrogens is 352 g/mol. The molecular formula is C22H20N4O2. The van der Waals surface area contributed by atoms with E-state index in [1.807, 2.05) is 62.4 Å². The smallest absolute Gasteiger partial charge is 0.244 e. The van der Waals surface area contributed by atoms with Crippen LogP contribution < -0.4 is 15.2 Å². The number of ether oxygens (including phenoxy) is 2. The Labute approximate surface area is 163 Å². The largest absolute Gasteiger partial charge is 0.494 e. The van der Waals surface area contributed by atoms with Gasteiger partial charge in [0.25, 0.3) is 0 Å². The molecule has 4 rings (SSSR count). The molecule has 1 aliphatic rings. The summed E-state index contributed by atoms with van der Waals surface area (Å²) in [5.74, 6) is 0.711. The minimum atomic E-state index is -0.438. The number of hydrogen-bond donors (Lipinski definition) is 2. The first-order valence-electron chi connectivity index (χ1n) is 9.08. The van der Waals surface area contributed by atoms with Crippen molar-refractivity contribution >= 4 is 0 Å². The molecule has 1 unspecified atom stereocenters. The summed E-state index contributed by atoms with van der Waals surface area (Å²) in [6, 6.07) is 18.0. The van der Waals surface area contributed by atoms with Gasteiger partial charge in [-0.2, -0.15) is 5.26 Å². The van der Waals surface area contributed by atoms with E-state index < -0.39 is 5.92 Å². The maximum atomic E-state index is 9.84. The molecule has 0 fully saturated rings. The van der Waals surface area contributed by atoms with Gasteiger partial charge in [-0.25, -0.2) is 0 Å². The van der Waals surface area contributed by atoms with Gasteiger partial charge in [-0.1, -0.05) is 48.0 Å². The van der Waals surface area contributed by atoms with Crippen LogP contribution in [0.25, 0.3) is 11.3 Å². The highest BCUT2D eigenvalue weighted by Gasteiger charge is 2.37. The standard InChI is InChI=1S/C22H20N4O2/c1-3-27-17-7-5-4-6-15(17)18-16(12-23)21(24)28-22-19(18)20(25-26-22)14-10-8-13(2)9-11-14/h4-11,18H,3,24H2,1-2H3,(H,25,26). The third-order valence-electron chi connectivity index (χ3n) is 4.81. The molecule has 3 aromatic rings. The number of aromatic nitrogens is 2. The summed E-state index contributed by atoms with van der Waals surface area (Å²) in [6.07, 6.45) is 0. The van der Waals surface area contributed by atoms with Crippen LogP contribution in [0.1, 0.15) is 29.5 Å². The number of H-pyrrole nitrogens is 1. The summed E-state index contributed by atoms with van der Waals surface area (Å²) in [7, 11) is 0. The Hall–Kier alpha value is -3.72. The molecule has 0 spiro atoms. The highest BCUT2D eigenvalue weighted by atomic mass is 16.5. The van der Waals surface area contributed by atoms with E-state index >= 15 is 0 Å². The van der Waals surface area contributed by atoms with Gasteiger partial charge in [-0.15, -0.1) is 5.10 Å². The lowest BCUT2D eigenvalue weighted by molar-refractivity contribution is 0.334. The first-order chi connectivity index (χ1) is 13.6. The average Bonchev–Trinajstić information content (AvgIpc) is 3.11. The number of nitrogens with one attached hydrogen (secondary N) is 1. The maximum absolute atomic E-state index is 9.84. The van der Waals surface area contributed by atoms with Crippen LogP contribution in [-0.2, 0) is 0 Å². The molecule has 0 amide bonds. The van der Waals surface area contributed by atoms with E-state index in [-0.39, 0.29) is 5.88 Å². The first-order valence-corrected chi connectivity index (χ1v) is 9.08. The lowest BCUT2D eigenvalue weighted by atomic mass is 9.82. The molecule has 6 heteroatoms. The zero-order chi connectivity index (χ0) is 19.7. The number of allylic oxidation sites excluding steroid dienone is 1. The monoisotopic (exact) mass is 372 g/mol. The number of benzene rings is 2. The molecule has 3 N–H and O–H groups in total. The Balaban J connectivity index is 1.95. The molecule has 1 aromatic heterocycles. The number of aromatic amines is 1. The average molecular weight is 372 g/mol. The SMILES string of the molecule is CCOc1ccccc1C1C(C#N)=C(N)Oc2n[nH]c(-c3ccc(C)cc3)c21. The van der Waals surface area contributed by atoms with E-state index in [2.05, 4.69) is 16.3 Å². The Bertz CT molecular complexity index is 1090. The van der Waals surface area contributed by atoms with E-state index in [9.17, 15) is 5.26 Å². The van der Waals surface area contributed by atoms with Crippen molar-refractivity contribution in [2.24, 2.45) is 5.73 Å². The van der Waals surface area contributed by atoms with Crippen LogP contribution in [-0.4, -0.2) is 16.8 Å². The number of nitrogens with two attached hydrogens (primary N) is 1.